The maximum Gasteiger partial charge on any atom is 0.220 e. The molecular formula is C18H21NO2S. The van der Waals surface area contributed by atoms with Gasteiger partial charge in [0.2, 0.25) is 5.91 Å². The molecule has 0 unspecified atom stereocenters. The van der Waals surface area contributed by atoms with E-state index in [9.17, 15) is 9.59 Å². The quantitative estimate of drug-likeness (QED) is 0.777. The number of Topliss-reactive ketones (excluding diaryl/α,β-unsaturated/α-hetero) is 1. The highest BCUT2D eigenvalue weighted by atomic mass is 32.1. The van der Waals surface area contributed by atoms with Crippen LogP contribution in [0, 0.1) is 5.92 Å². The van der Waals surface area contributed by atoms with E-state index in [1.54, 1.807) is 23.5 Å². The first-order valence-electron chi connectivity index (χ1n) is 7.49. The van der Waals surface area contributed by atoms with Crippen molar-refractivity contribution in [1.82, 2.24) is 5.32 Å². The minimum atomic E-state index is -0.0728. The smallest absolute Gasteiger partial charge is 0.220 e. The zero-order chi connectivity index (χ0) is 15.9. The second kappa shape index (κ2) is 7.90. The summed E-state index contributed by atoms with van der Waals surface area (Å²) in [6, 6.07) is 13.1. The lowest BCUT2D eigenvalue weighted by Crippen LogP contribution is -2.31. The van der Waals surface area contributed by atoms with Crippen LogP contribution in [0.4, 0.5) is 0 Å². The third kappa shape index (κ3) is 4.53. The number of ketones is 1. The van der Waals surface area contributed by atoms with Gasteiger partial charge in [0.25, 0.3) is 0 Å². The van der Waals surface area contributed by atoms with Crippen LogP contribution in [0.15, 0.2) is 47.8 Å². The summed E-state index contributed by atoms with van der Waals surface area (Å²) in [6.45, 7) is 4.17. The number of carbonyl (C=O) groups excluding carboxylic acids is 2. The Kier molecular flexibility index (Phi) is 5.90. The number of thiophene rings is 1. The van der Waals surface area contributed by atoms with Crippen LogP contribution in [0.3, 0.4) is 0 Å². The van der Waals surface area contributed by atoms with Gasteiger partial charge in [-0.15, -0.1) is 11.3 Å². The van der Waals surface area contributed by atoms with Gasteiger partial charge in [0.15, 0.2) is 5.78 Å². The van der Waals surface area contributed by atoms with E-state index in [1.165, 1.54) is 0 Å². The highest BCUT2D eigenvalue weighted by Crippen LogP contribution is 2.25. The molecule has 116 valence electrons. The molecule has 0 saturated carbocycles. The van der Waals surface area contributed by atoms with E-state index in [1.807, 2.05) is 35.7 Å². The summed E-state index contributed by atoms with van der Waals surface area (Å²) in [5, 5.41) is 5.05. The van der Waals surface area contributed by atoms with Crippen LogP contribution in [0.2, 0.25) is 0 Å². The maximum absolute atomic E-state index is 12.1. The molecule has 1 aromatic carbocycles. The monoisotopic (exact) mass is 315 g/mol. The van der Waals surface area contributed by atoms with Crippen LogP contribution in [-0.2, 0) is 4.79 Å². The van der Waals surface area contributed by atoms with Gasteiger partial charge in [0, 0.05) is 23.3 Å². The summed E-state index contributed by atoms with van der Waals surface area (Å²) in [5.74, 6) is 0.247. The van der Waals surface area contributed by atoms with E-state index in [0.717, 1.165) is 4.88 Å². The number of hydrogen-bond acceptors (Lipinski definition) is 3. The molecule has 3 nitrogen and oxygen atoms in total. The van der Waals surface area contributed by atoms with Crippen molar-refractivity contribution in [3.8, 4) is 0 Å². The van der Waals surface area contributed by atoms with Crippen molar-refractivity contribution < 1.29 is 9.59 Å². The van der Waals surface area contributed by atoms with E-state index >= 15 is 0 Å². The van der Waals surface area contributed by atoms with E-state index in [4.69, 9.17) is 0 Å². The maximum atomic E-state index is 12.1. The summed E-state index contributed by atoms with van der Waals surface area (Å²) in [7, 11) is 0. The van der Waals surface area contributed by atoms with Crippen molar-refractivity contribution in [1.29, 1.82) is 0 Å². The second-order valence-electron chi connectivity index (χ2n) is 5.59. The third-order valence-corrected chi connectivity index (χ3v) is 4.46. The predicted octanol–water partition coefficient (Wildman–Crippen LogP) is 4.22. The minimum absolute atomic E-state index is 0.00738. The van der Waals surface area contributed by atoms with Crippen LogP contribution in [0.1, 0.15) is 48.0 Å². The van der Waals surface area contributed by atoms with Crippen molar-refractivity contribution in [2.24, 2.45) is 5.92 Å². The normalized spacial score (nSPS) is 12.1. The van der Waals surface area contributed by atoms with Crippen LogP contribution in [0.25, 0.3) is 0 Å². The molecule has 0 fully saturated rings. The molecule has 2 rings (SSSR count). The summed E-state index contributed by atoms with van der Waals surface area (Å²) in [4.78, 5) is 25.3. The van der Waals surface area contributed by atoms with Crippen LogP contribution in [0.5, 0.6) is 0 Å². The Morgan fingerprint density at radius 3 is 2.36 bits per heavy atom. The Hall–Kier alpha value is -1.94. The van der Waals surface area contributed by atoms with Gasteiger partial charge in [-0.05, 0) is 17.4 Å². The van der Waals surface area contributed by atoms with Crippen molar-refractivity contribution in [2.45, 2.75) is 32.7 Å². The Labute approximate surface area is 135 Å². The molecule has 1 heterocycles. The van der Waals surface area contributed by atoms with E-state index in [-0.39, 0.29) is 30.6 Å². The van der Waals surface area contributed by atoms with Gasteiger partial charge in [-0.1, -0.05) is 50.2 Å². The molecule has 1 atom stereocenters. The predicted molar refractivity (Wildman–Crippen MR) is 90.0 cm³/mol. The van der Waals surface area contributed by atoms with E-state index in [2.05, 4.69) is 19.2 Å². The summed E-state index contributed by atoms with van der Waals surface area (Å²) in [6.07, 6.45) is 0.466. The molecule has 0 aliphatic heterocycles. The first-order valence-corrected chi connectivity index (χ1v) is 8.37. The first-order chi connectivity index (χ1) is 10.6. The Morgan fingerprint density at radius 1 is 1.05 bits per heavy atom. The highest BCUT2D eigenvalue weighted by molar-refractivity contribution is 7.10. The lowest BCUT2D eigenvalue weighted by atomic mass is 10.0. The fourth-order valence-electron chi connectivity index (χ4n) is 2.28. The van der Waals surface area contributed by atoms with Crippen molar-refractivity contribution in [2.75, 3.05) is 0 Å². The Morgan fingerprint density at radius 2 is 1.77 bits per heavy atom. The van der Waals surface area contributed by atoms with Gasteiger partial charge >= 0.3 is 0 Å². The number of rotatable bonds is 7. The molecule has 0 radical (unpaired) electrons. The number of amides is 1. The molecular weight excluding hydrogens is 294 g/mol. The van der Waals surface area contributed by atoms with Crippen molar-refractivity contribution >= 4 is 23.0 Å². The Bertz CT molecular complexity index is 605. The van der Waals surface area contributed by atoms with Gasteiger partial charge in [0.05, 0.1) is 6.04 Å². The zero-order valence-electron chi connectivity index (χ0n) is 12.9. The third-order valence-electron chi connectivity index (χ3n) is 3.51. The molecule has 0 aliphatic carbocycles. The van der Waals surface area contributed by atoms with Gasteiger partial charge in [-0.3, -0.25) is 9.59 Å². The lowest BCUT2D eigenvalue weighted by Gasteiger charge is -2.21. The fraction of sp³-hybridized carbons (Fsp3) is 0.333. The summed E-state index contributed by atoms with van der Waals surface area (Å²) >= 11 is 1.64. The summed E-state index contributed by atoms with van der Waals surface area (Å²) in [5.41, 5.74) is 0.661. The zero-order valence-corrected chi connectivity index (χ0v) is 13.7. The Balaban J connectivity index is 1.88. The first kappa shape index (κ1) is 16.4. The van der Waals surface area contributed by atoms with Crippen LogP contribution >= 0.6 is 11.3 Å². The van der Waals surface area contributed by atoms with Gasteiger partial charge < -0.3 is 5.32 Å². The van der Waals surface area contributed by atoms with Crippen LogP contribution in [-0.4, -0.2) is 11.7 Å². The molecule has 1 aromatic heterocycles. The average molecular weight is 315 g/mol. The highest BCUT2D eigenvalue weighted by Gasteiger charge is 2.19. The molecule has 1 amide bonds. The summed E-state index contributed by atoms with van der Waals surface area (Å²) < 4.78 is 0. The van der Waals surface area contributed by atoms with Gasteiger partial charge in [-0.2, -0.15) is 0 Å². The average Bonchev–Trinajstić information content (AvgIpc) is 3.04. The number of hydrogen-bond donors (Lipinski definition) is 1. The molecule has 4 heteroatoms. The largest absolute Gasteiger partial charge is 0.348 e. The molecule has 22 heavy (non-hydrogen) atoms. The fourth-order valence-corrected chi connectivity index (χ4v) is 3.22. The number of nitrogens with one attached hydrogen (secondary N) is 1. The van der Waals surface area contributed by atoms with E-state index < -0.39 is 0 Å². The number of carbonyl (C=O) groups is 2. The van der Waals surface area contributed by atoms with E-state index in [0.29, 0.717) is 11.5 Å². The van der Waals surface area contributed by atoms with Crippen LogP contribution < -0.4 is 5.32 Å². The minimum Gasteiger partial charge on any atom is -0.348 e. The SMILES string of the molecule is CC(C)[C@H](NC(=O)CCC(=O)c1ccccc1)c1cccs1. The second-order valence-corrected chi connectivity index (χ2v) is 6.57. The standard InChI is InChI=1S/C18H21NO2S/c1-13(2)18(16-9-6-12-22-16)19-17(21)11-10-15(20)14-7-4-3-5-8-14/h3-9,12-13,18H,10-11H2,1-2H3,(H,19,21)/t18-/m0/s1. The van der Waals surface area contributed by atoms with Gasteiger partial charge in [-0.25, -0.2) is 0 Å². The van der Waals surface area contributed by atoms with Gasteiger partial charge in [0.1, 0.15) is 0 Å². The van der Waals surface area contributed by atoms with Crippen molar-refractivity contribution in [3.05, 3.63) is 58.3 Å². The molecule has 0 saturated heterocycles. The lowest BCUT2D eigenvalue weighted by molar-refractivity contribution is -0.122. The molecule has 2 aromatic rings. The molecule has 1 N–H and O–H groups in total. The van der Waals surface area contributed by atoms with Crippen molar-refractivity contribution in [3.63, 3.8) is 0 Å². The molecule has 0 spiro atoms. The molecule has 0 bridgehead atoms. The molecule has 0 aliphatic rings. The number of benzene rings is 1. The topological polar surface area (TPSA) is 46.2 Å².